The molecule has 0 aliphatic carbocycles. The topological polar surface area (TPSA) is 72.2 Å². The average Bonchev–Trinajstić information content (AvgIpc) is 2.62. The number of rotatable bonds is 6. The number of aromatic nitrogens is 2. The first kappa shape index (κ1) is 19.1. The van der Waals surface area contributed by atoms with Crippen LogP contribution in [-0.4, -0.2) is 20.6 Å². The Kier molecular flexibility index (Phi) is 5.61. The molecule has 5 nitrogen and oxygen atoms in total. The zero-order chi connectivity index (χ0) is 19.6. The quantitative estimate of drug-likeness (QED) is 0.681. The number of carbonyl (C=O) groups is 1. The monoisotopic (exact) mass is 384 g/mol. The summed E-state index contributed by atoms with van der Waals surface area (Å²) < 4.78 is 1.66. The molecule has 140 valence electrons. The van der Waals surface area contributed by atoms with E-state index in [4.69, 9.17) is 16.7 Å². The highest BCUT2D eigenvalue weighted by Gasteiger charge is 2.19. The highest BCUT2D eigenvalue weighted by atomic mass is 35.5. The van der Waals surface area contributed by atoms with E-state index < -0.39 is 5.97 Å². The van der Waals surface area contributed by atoms with Crippen molar-refractivity contribution in [2.24, 2.45) is 0 Å². The van der Waals surface area contributed by atoms with Crippen LogP contribution >= 0.6 is 11.6 Å². The number of hydrogen-bond donors (Lipinski definition) is 1. The largest absolute Gasteiger partial charge is 0.481 e. The zero-order valence-corrected chi connectivity index (χ0v) is 16.1. The molecular formula is C21H21ClN2O3. The summed E-state index contributed by atoms with van der Waals surface area (Å²) in [5.74, 6) is -0.867. The number of aliphatic carboxylic acids is 1. The van der Waals surface area contributed by atoms with Gasteiger partial charge >= 0.3 is 5.97 Å². The molecule has 2 heterocycles. The van der Waals surface area contributed by atoms with Gasteiger partial charge in [-0.15, -0.1) is 0 Å². The third-order valence-electron chi connectivity index (χ3n) is 4.59. The van der Waals surface area contributed by atoms with Crippen LogP contribution < -0.4 is 5.56 Å². The van der Waals surface area contributed by atoms with Gasteiger partial charge in [-0.2, -0.15) is 0 Å². The van der Waals surface area contributed by atoms with Crippen LogP contribution in [0.15, 0.2) is 41.2 Å². The lowest BCUT2D eigenvalue weighted by molar-refractivity contribution is -0.137. The van der Waals surface area contributed by atoms with E-state index in [-0.39, 0.29) is 12.0 Å². The third-order valence-corrected chi connectivity index (χ3v) is 4.83. The molecule has 0 aliphatic heterocycles. The smallest absolute Gasteiger partial charge is 0.303 e. The summed E-state index contributed by atoms with van der Waals surface area (Å²) in [5.41, 5.74) is 3.59. The van der Waals surface area contributed by atoms with E-state index in [2.05, 4.69) is 4.98 Å². The molecule has 27 heavy (non-hydrogen) atoms. The number of fused-ring (bicyclic) bond motifs is 1. The van der Waals surface area contributed by atoms with E-state index in [1.54, 1.807) is 10.6 Å². The first-order valence-electron chi connectivity index (χ1n) is 8.93. The van der Waals surface area contributed by atoms with Crippen LogP contribution in [0.5, 0.6) is 0 Å². The Morgan fingerprint density at radius 3 is 2.70 bits per heavy atom. The van der Waals surface area contributed by atoms with Gasteiger partial charge in [-0.05, 0) is 56.5 Å². The fraction of sp³-hybridized carbons (Fsp3) is 0.286. The number of halogens is 1. The van der Waals surface area contributed by atoms with Gasteiger partial charge in [0, 0.05) is 40.2 Å². The van der Waals surface area contributed by atoms with Crippen molar-refractivity contribution >= 4 is 28.6 Å². The van der Waals surface area contributed by atoms with Gasteiger partial charge in [0.15, 0.2) is 0 Å². The molecule has 0 spiro atoms. The van der Waals surface area contributed by atoms with Crippen LogP contribution in [0.25, 0.3) is 22.2 Å². The minimum Gasteiger partial charge on any atom is -0.481 e. The van der Waals surface area contributed by atoms with Crippen molar-refractivity contribution in [1.29, 1.82) is 0 Å². The average molecular weight is 385 g/mol. The second kappa shape index (κ2) is 7.92. The van der Waals surface area contributed by atoms with Crippen LogP contribution in [-0.2, 0) is 17.8 Å². The van der Waals surface area contributed by atoms with Crippen molar-refractivity contribution in [3.05, 3.63) is 63.0 Å². The highest BCUT2D eigenvalue weighted by molar-refractivity contribution is 6.30. The summed E-state index contributed by atoms with van der Waals surface area (Å²) in [6, 6.07) is 11.3. The van der Waals surface area contributed by atoms with Crippen LogP contribution in [0.1, 0.15) is 31.0 Å². The summed E-state index contributed by atoms with van der Waals surface area (Å²) in [7, 11) is 0. The van der Waals surface area contributed by atoms with E-state index in [1.807, 2.05) is 44.2 Å². The van der Waals surface area contributed by atoms with Gasteiger partial charge in [0.25, 0.3) is 5.56 Å². The van der Waals surface area contributed by atoms with Gasteiger partial charge in [0.1, 0.15) is 5.65 Å². The third kappa shape index (κ3) is 3.88. The van der Waals surface area contributed by atoms with E-state index in [0.717, 1.165) is 22.2 Å². The van der Waals surface area contributed by atoms with Crippen molar-refractivity contribution in [2.75, 3.05) is 0 Å². The van der Waals surface area contributed by atoms with E-state index in [0.29, 0.717) is 35.6 Å². The standard InChI is InChI=1S/C21H21ClN2O3/c1-3-24-20-16(11-10-13(2)23-20)19(14-6-4-7-15(22)12-14)17(21(24)27)8-5-9-18(25)26/h4,6-7,10-12H,3,5,8-9H2,1-2H3,(H,25,26). The SMILES string of the molecule is CCn1c(=O)c(CCCC(=O)O)c(-c2cccc(Cl)c2)c2ccc(C)nc21. The molecule has 3 rings (SSSR count). The predicted octanol–water partition coefficient (Wildman–Crippen LogP) is 4.45. The molecule has 0 fully saturated rings. The van der Waals surface area contributed by atoms with Crippen molar-refractivity contribution in [2.45, 2.75) is 39.7 Å². The Bertz CT molecular complexity index is 1070. The Labute approximate surface area is 162 Å². The number of benzene rings is 1. The predicted molar refractivity (Wildman–Crippen MR) is 107 cm³/mol. The summed E-state index contributed by atoms with van der Waals surface area (Å²) in [4.78, 5) is 28.8. The van der Waals surface area contributed by atoms with Crippen molar-refractivity contribution in [3.63, 3.8) is 0 Å². The van der Waals surface area contributed by atoms with Gasteiger partial charge in [-0.3, -0.25) is 14.2 Å². The highest BCUT2D eigenvalue weighted by Crippen LogP contribution is 2.32. The van der Waals surface area contributed by atoms with Gasteiger partial charge in [0.2, 0.25) is 0 Å². The Hall–Kier alpha value is -2.66. The molecule has 0 bridgehead atoms. The summed E-state index contributed by atoms with van der Waals surface area (Å²) in [5, 5.41) is 10.4. The summed E-state index contributed by atoms with van der Waals surface area (Å²) >= 11 is 6.19. The first-order chi connectivity index (χ1) is 12.9. The first-order valence-corrected chi connectivity index (χ1v) is 9.31. The van der Waals surface area contributed by atoms with Crippen LogP contribution in [0.4, 0.5) is 0 Å². The summed E-state index contributed by atoms with van der Waals surface area (Å²) in [6.07, 6.45) is 0.800. The maximum atomic E-state index is 13.2. The number of aryl methyl sites for hydroxylation is 2. The minimum atomic E-state index is -0.867. The number of hydrogen-bond acceptors (Lipinski definition) is 3. The van der Waals surface area contributed by atoms with Crippen molar-refractivity contribution in [3.8, 4) is 11.1 Å². The van der Waals surface area contributed by atoms with Gasteiger partial charge < -0.3 is 5.11 Å². The molecule has 0 amide bonds. The molecule has 0 aliphatic rings. The van der Waals surface area contributed by atoms with E-state index >= 15 is 0 Å². The second-order valence-corrected chi connectivity index (χ2v) is 6.92. The molecule has 0 saturated carbocycles. The number of nitrogens with zero attached hydrogens (tertiary/aromatic N) is 2. The van der Waals surface area contributed by atoms with Crippen LogP contribution in [0.2, 0.25) is 5.02 Å². The number of carboxylic acid groups (broad SMARTS) is 1. The molecule has 6 heteroatoms. The van der Waals surface area contributed by atoms with Crippen molar-refractivity contribution < 1.29 is 9.90 Å². The number of pyridine rings is 2. The lowest BCUT2D eigenvalue weighted by Crippen LogP contribution is -2.25. The van der Waals surface area contributed by atoms with Gasteiger partial charge in [-0.1, -0.05) is 23.7 Å². The second-order valence-electron chi connectivity index (χ2n) is 6.48. The molecule has 3 aromatic rings. The van der Waals surface area contributed by atoms with Crippen LogP contribution in [0, 0.1) is 6.92 Å². The fourth-order valence-electron chi connectivity index (χ4n) is 3.39. The molecular weight excluding hydrogens is 364 g/mol. The minimum absolute atomic E-state index is 0.0186. The molecule has 2 aromatic heterocycles. The Morgan fingerprint density at radius 1 is 1.26 bits per heavy atom. The fourth-order valence-corrected chi connectivity index (χ4v) is 3.58. The maximum absolute atomic E-state index is 13.2. The Morgan fingerprint density at radius 2 is 2.04 bits per heavy atom. The van der Waals surface area contributed by atoms with Crippen molar-refractivity contribution in [1.82, 2.24) is 9.55 Å². The summed E-state index contributed by atoms with van der Waals surface area (Å²) in [6.45, 7) is 4.29. The molecule has 0 saturated heterocycles. The van der Waals surface area contributed by atoms with Crippen LogP contribution in [0.3, 0.4) is 0 Å². The normalized spacial score (nSPS) is 11.1. The Balaban J connectivity index is 2.34. The van der Waals surface area contributed by atoms with E-state index in [9.17, 15) is 9.59 Å². The molecule has 0 radical (unpaired) electrons. The molecule has 0 atom stereocenters. The zero-order valence-electron chi connectivity index (χ0n) is 15.3. The maximum Gasteiger partial charge on any atom is 0.303 e. The van der Waals surface area contributed by atoms with Gasteiger partial charge in [-0.25, -0.2) is 4.98 Å². The number of carboxylic acids is 1. The lowest BCUT2D eigenvalue weighted by atomic mass is 9.94. The lowest BCUT2D eigenvalue weighted by Gasteiger charge is -2.17. The molecule has 1 N–H and O–H groups in total. The molecule has 1 aromatic carbocycles. The van der Waals surface area contributed by atoms with Gasteiger partial charge in [0.05, 0.1) is 0 Å². The molecule has 0 unspecified atom stereocenters. The van der Waals surface area contributed by atoms with E-state index in [1.165, 1.54) is 0 Å².